The molecule has 2 unspecified atom stereocenters. The van der Waals surface area contributed by atoms with Crippen LogP contribution in [0.1, 0.15) is 19.3 Å². The number of hydrogen-bond acceptors (Lipinski definition) is 5. The van der Waals surface area contributed by atoms with Crippen LogP contribution in [0, 0.1) is 5.82 Å². The van der Waals surface area contributed by atoms with E-state index in [2.05, 4.69) is 0 Å². The molecular formula is C14H18BFO5. The quantitative estimate of drug-likeness (QED) is 0.781. The number of rotatable bonds is 3. The minimum Gasteiger partial charge on any atom is -0.487 e. The SMILES string of the molecule is OB(O)c1ccc(F)c(OC2CCOC3(CCOC3)C2)c1. The van der Waals surface area contributed by atoms with E-state index < -0.39 is 12.9 Å². The average molecular weight is 296 g/mol. The molecule has 0 bridgehead atoms. The summed E-state index contributed by atoms with van der Waals surface area (Å²) in [6.07, 6.45) is 1.98. The summed E-state index contributed by atoms with van der Waals surface area (Å²) in [5.74, 6) is -0.468. The van der Waals surface area contributed by atoms with E-state index in [-0.39, 0.29) is 22.9 Å². The molecule has 1 spiro atoms. The first-order valence-corrected chi connectivity index (χ1v) is 7.12. The van der Waals surface area contributed by atoms with Gasteiger partial charge in [-0.1, -0.05) is 6.07 Å². The maximum absolute atomic E-state index is 13.8. The Morgan fingerprint density at radius 1 is 1.33 bits per heavy atom. The van der Waals surface area contributed by atoms with E-state index in [1.54, 1.807) is 0 Å². The zero-order valence-electron chi connectivity index (χ0n) is 11.6. The Hall–Kier alpha value is -1.15. The van der Waals surface area contributed by atoms with Crippen LogP contribution in [0.4, 0.5) is 4.39 Å². The van der Waals surface area contributed by atoms with Gasteiger partial charge in [-0.15, -0.1) is 0 Å². The fourth-order valence-corrected chi connectivity index (χ4v) is 2.90. The minimum atomic E-state index is -1.64. The third-order valence-corrected chi connectivity index (χ3v) is 4.06. The van der Waals surface area contributed by atoms with Gasteiger partial charge in [0, 0.05) is 25.9 Å². The number of halogens is 1. The van der Waals surface area contributed by atoms with E-state index in [1.807, 2.05) is 0 Å². The highest BCUT2D eigenvalue weighted by atomic mass is 19.1. The molecule has 1 aromatic rings. The van der Waals surface area contributed by atoms with Gasteiger partial charge in [0.1, 0.15) is 6.10 Å². The van der Waals surface area contributed by atoms with E-state index in [9.17, 15) is 4.39 Å². The first-order chi connectivity index (χ1) is 10.1. The van der Waals surface area contributed by atoms with Crippen molar-refractivity contribution in [3.63, 3.8) is 0 Å². The van der Waals surface area contributed by atoms with Gasteiger partial charge in [0.25, 0.3) is 0 Å². The first kappa shape index (κ1) is 14.8. The topological polar surface area (TPSA) is 68.2 Å². The van der Waals surface area contributed by atoms with Gasteiger partial charge in [-0.3, -0.25) is 0 Å². The van der Waals surface area contributed by atoms with Gasteiger partial charge >= 0.3 is 7.12 Å². The van der Waals surface area contributed by atoms with E-state index in [0.29, 0.717) is 32.7 Å². The Morgan fingerprint density at radius 3 is 2.90 bits per heavy atom. The third kappa shape index (κ3) is 3.21. The molecule has 7 heteroatoms. The van der Waals surface area contributed by atoms with Crippen molar-refractivity contribution in [2.24, 2.45) is 0 Å². The summed E-state index contributed by atoms with van der Waals surface area (Å²) in [4.78, 5) is 0. The molecule has 114 valence electrons. The Bertz CT molecular complexity index is 504. The second-order valence-electron chi connectivity index (χ2n) is 5.63. The van der Waals surface area contributed by atoms with E-state index in [4.69, 9.17) is 24.3 Å². The Balaban J connectivity index is 1.72. The monoisotopic (exact) mass is 296 g/mol. The fraction of sp³-hybridized carbons (Fsp3) is 0.571. The average Bonchev–Trinajstić information content (AvgIpc) is 2.89. The number of benzene rings is 1. The van der Waals surface area contributed by atoms with Crippen molar-refractivity contribution in [2.75, 3.05) is 19.8 Å². The van der Waals surface area contributed by atoms with Crippen LogP contribution < -0.4 is 10.2 Å². The number of hydrogen-bond donors (Lipinski definition) is 2. The molecule has 2 fully saturated rings. The van der Waals surface area contributed by atoms with Crippen molar-refractivity contribution in [3.05, 3.63) is 24.0 Å². The maximum Gasteiger partial charge on any atom is 0.488 e. The summed E-state index contributed by atoms with van der Waals surface area (Å²) >= 11 is 0. The molecule has 0 amide bonds. The van der Waals surface area contributed by atoms with Crippen molar-refractivity contribution < 1.29 is 28.6 Å². The predicted octanol–water partition coefficient (Wildman–Crippen LogP) is 0.222. The highest BCUT2D eigenvalue weighted by Crippen LogP contribution is 2.34. The summed E-state index contributed by atoms with van der Waals surface area (Å²) in [5.41, 5.74) is -0.106. The lowest BCUT2D eigenvalue weighted by molar-refractivity contribution is -0.112. The van der Waals surface area contributed by atoms with Gasteiger partial charge in [-0.2, -0.15) is 0 Å². The molecule has 3 rings (SSSR count). The Morgan fingerprint density at radius 2 is 2.19 bits per heavy atom. The normalized spacial score (nSPS) is 28.8. The lowest BCUT2D eigenvalue weighted by Crippen LogP contribution is -2.44. The van der Waals surface area contributed by atoms with Crippen LogP contribution in [0.2, 0.25) is 0 Å². The fourth-order valence-electron chi connectivity index (χ4n) is 2.90. The largest absolute Gasteiger partial charge is 0.488 e. The predicted molar refractivity (Wildman–Crippen MR) is 74.0 cm³/mol. The van der Waals surface area contributed by atoms with E-state index in [0.717, 1.165) is 6.42 Å². The third-order valence-electron chi connectivity index (χ3n) is 4.06. The second-order valence-corrected chi connectivity index (χ2v) is 5.63. The van der Waals surface area contributed by atoms with Gasteiger partial charge < -0.3 is 24.3 Å². The summed E-state index contributed by atoms with van der Waals surface area (Å²) in [7, 11) is -1.64. The molecule has 2 aliphatic rings. The lowest BCUT2D eigenvalue weighted by Gasteiger charge is -2.37. The molecule has 2 aliphatic heterocycles. The van der Waals surface area contributed by atoms with Crippen LogP contribution in [0.3, 0.4) is 0 Å². The van der Waals surface area contributed by atoms with Crippen LogP contribution >= 0.6 is 0 Å². The molecular weight excluding hydrogens is 278 g/mol. The van der Waals surface area contributed by atoms with Gasteiger partial charge in [-0.25, -0.2) is 4.39 Å². The summed E-state index contributed by atoms with van der Waals surface area (Å²) in [5, 5.41) is 18.3. The molecule has 2 heterocycles. The molecule has 2 saturated heterocycles. The van der Waals surface area contributed by atoms with Gasteiger partial charge in [-0.05, 0) is 17.6 Å². The molecule has 5 nitrogen and oxygen atoms in total. The highest BCUT2D eigenvalue weighted by molar-refractivity contribution is 6.58. The Labute approximate surface area is 122 Å². The smallest absolute Gasteiger partial charge is 0.487 e. The summed E-state index contributed by atoms with van der Waals surface area (Å²) in [6, 6.07) is 3.83. The summed E-state index contributed by atoms with van der Waals surface area (Å²) < 4.78 is 30.7. The molecule has 1 aromatic carbocycles. The molecule has 0 radical (unpaired) electrons. The molecule has 0 saturated carbocycles. The molecule has 21 heavy (non-hydrogen) atoms. The minimum absolute atomic E-state index is 0.0431. The van der Waals surface area contributed by atoms with Crippen LogP contribution in [0.15, 0.2) is 18.2 Å². The molecule has 2 atom stereocenters. The van der Waals surface area contributed by atoms with Crippen molar-refractivity contribution in [1.29, 1.82) is 0 Å². The summed E-state index contributed by atoms with van der Waals surface area (Å²) in [6.45, 7) is 1.77. The zero-order valence-corrected chi connectivity index (χ0v) is 11.6. The van der Waals surface area contributed by atoms with E-state index >= 15 is 0 Å². The van der Waals surface area contributed by atoms with Crippen LogP contribution in [0.25, 0.3) is 0 Å². The first-order valence-electron chi connectivity index (χ1n) is 7.12. The van der Waals surface area contributed by atoms with E-state index in [1.165, 1.54) is 18.2 Å². The van der Waals surface area contributed by atoms with Gasteiger partial charge in [0.05, 0.1) is 18.8 Å². The molecule has 0 aromatic heterocycles. The van der Waals surface area contributed by atoms with Crippen molar-refractivity contribution in [2.45, 2.75) is 31.0 Å². The van der Waals surface area contributed by atoms with Crippen LogP contribution in [0.5, 0.6) is 5.75 Å². The zero-order chi connectivity index (χ0) is 14.9. The number of ether oxygens (including phenoxy) is 3. The van der Waals surface area contributed by atoms with Crippen LogP contribution in [-0.2, 0) is 9.47 Å². The lowest BCUT2D eigenvalue weighted by atomic mass is 9.80. The molecule has 2 N–H and O–H groups in total. The standard InChI is InChI=1S/C14H18BFO5/c16-12-2-1-10(15(17)18)7-13(12)21-11-3-5-20-14(8-11)4-6-19-9-14/h1-2,7,11,17-18H,3-6,8-9H2. The van der Waals surface area contributed by atoms with Crippen LogP contribution in [-0.4, -0.2) is 48.7 Å². The van der Waals surface area contributed by atoms with Crippen molar-refractivity contribution in [3.8, 4) is 5.75 Å². The van der Waals surface area contributed by atoms with Gasteiger partial charge in [0.15, 0.2) is 11.6 Å². The van der Waals surface area contributed by atoms with Gasteiger partial charge in [0.2, 0.25) is 0 Å². The van der Waals surface area contributed by atoms with Crippen molar-refractivity contribution >= 4 is 12.6 Å². The highest BCUT2D eigenvalue weighted by Gasteiger charge is 2.42. The molecule has 0 aliphatic carbocycles. The van der Waals surface area contributed by atoms with Crippen molar-refractivity contribution in [1.82, 2.24) is 0 Å². The maximum atomic E-state index is 13.8. The second kappa shape index (κ2) is 5.92. The Kier molecular flexibility index (Phi) is 4.17.